The van der Waals surface area contributed by atoms with Crippen molar-refractivity contribution in [1.82, 2.24) is 10.2 Å². The third kappa shape index (κ3) is 3.69. The Balaban J connectivity index is 2.61. The summed E-state index contributed by atoms with van der Waals surface area (Å²) in [4.78, 5) is 2.62. The number of aliphatic hydroxyl groups is 1. The van der Waals surface area contributed by atoms with Gasteiger partial charge in [0.15, 0.2) is 0 Å². The van der Waals surface area contributed by atoms with Crippen molar-refractivity contribution in [2.75, 3.05) is 19.7 Å². The molecule has 0 aromatic heterocycles. The summed E-state index contributed by atoms with van der Waals surface area (Å²) >= 11 is 0. The summed E-state index contributed by atoms with van der Waals surface area (Å²) in [6.07, 6.45) is 5.77. The lowest BCUT2D eigenvalue weighted by molar-refractivity contribution is 0.122. The average molecular weight is 256 g/mol. The van der Waals surface area contributed by atoms with Crippen molar-refractivity contribution in [3.05, 3.63) is 0 Å². The molecule has 3 unspecified atom stereocenters. The van der Waals surface area contributed by atoms with Crippen molar-refractivity contribution in [3.8, 4) is 0 Å². The molecule has 108 valence electrons. The van der Waals surface area contributed by atoms with Gasteiger partial charge >= 0.3 is 0 Å². The molecule has 0 radical (unpaired) electrons. The van der Waals surface area contributed by atoms with E-state index in [4.69, 9.17) is 0 Å². The highest BCUT2D eigenvalue weighted by atomic mass is 16.3. The summed E-state index contributed by atoms with van der Waals surface area (Å²) < 4.78 is 0. The smallest absolute Gasteiger partial charge is 0.0613 e. The Labute approximate surface area is 113 Å². The molecule has 3 nitrogen and oxygen atoms in total. The van der Waals surface area contributed by atoms with Crippen LogP contribution in [0.3, 0.4) is 0 Å². The molecule has 1 rings (SSSR count). The van der Waals surface area contributed by atoms with Crippen LogP contribution >= 0.6 is 0 Å². The molecule has 0 aromatic carbocycles. The molecule has 3 heteroatoms. The molecule has 0 saturated heterocycles. The second-order valence-corrected chi connectivity index (χ2v) is 5.85. The van der Waals surface area contributed by atoms with Crippen LogP contribution < -0.4 is 5.32 Å². The summed E-state index contributed by atoms with van der Waals surface area (Å²) in [7, 11) is 0. The Morgan fingerprint density at radius 2 is 2.11 bits per heavy atom. The molecule has 2 N–H and O–H groups in total. The van der Waals surface area contributed by atoms with Crippen molar-refractivity contribution in [2.24, 2.45) is 0 Å². The molecule has 0 amide bonds. The first kappa shape index (κ1) is 15.9. The normalized spacial score (nSPS) is 30.0. The Bertz CT molecular complexity index is 235. The molecule has 0 spiro atoms. The predicted octanol–water partition coefficient (Wildman–Crippen LogP) is 2.39. The number of nitrogens with zero attached hydrogens (tertiary/aromatic N) is 1. The van der Waals surface area contributed by atoms with Gasteiger partial charge in [-0.3, -0.25) is 4.90 Å². The SMILES string of the molecule is CCCNC1(CO)CCC(N(CC)C(C)CC)C1. The first-order chi connectivity index (χ1) is 8.62. The zero-order valence-electron chi connectivity index (χ0n) is 12.7. The molecule has 0 aromatic rings. The van der Waals surface area contributed by atoms with E-state index < -0.39 is 0 Å². The Hall–Kier alpha value is -0.120. The van der Waals surface area contributed by atoms with E-state index in [1.54, 1.807) is 0 Å². The van der Waals surface area contributed by atoms with Gasteiger partial charge in [-0.1, -0.05) is 20.8 Å². The van der Waals surface area contributed by atoms with Crippen LogP contribution in [-0.2, 0) is 0 Å². The summed E-state index contributed by atoms with van der Waals surface area (Å²) in [5.41, 5.74) is -0.0123. The minimum absolute atomic E-state index is 0.0123. The van der Waals surface area contributed by atoms with Crippen LogP contribution in [-0.4, -0.2) is 47.3 Å². The van der Waals surface area contributed by atoms with Crippen molar-refractivity contribution >= 4 is 0 Å². The first-order valence-electron chi connectivity index (χ1n) is 7.74. The van der Waals surface area contributed by atoms with Gasteiger partial charge in [0.1, 0.15) is 0 Å². The zero-order valence-corrected chi connectivity index (χ0v) is 12.7. The van der Waals surface area contributed by atoms with Crippen LogP contribution in [0.25, 0.3) is 0 Å². The molecular formula is C15H32N2O. The van der Waals surface area contributed by atoms with E-state index in [1.807, 2.05) is 0 Å². The van der Waals surface area contributed by atoms with E-state index in [9.17, 15) is 5.11 Å². The second-order valence-electron chi connectivity index (χ2n) is 5.85. The van der Waals surface area contributed by atoms with E-state index in [0.717, 1.165) is 32.4 Å². The van der Waals surface area contributed by atoms with E-state index in [0.29, 0.717) is 12.1 Å². The summed E-state index contributed by atoms with van der Waals surface area (Å²) in [5, 5.41) is 13.3. The predicted molar refractivity (Wildman–Crippen MR) is 77.9 cm³/mol. The van der Waals surface area contributed by atoms with Gasteiger partial charge in [0.2, 0.25) is 0 Å². The topological polar surface area (TPSA) is 35.5 Å². The van der Waals surface area contributed by atoms with Gasteiger partial charge in [0.05, 0.1) is 6.61 Å². The molecule has 1 aliphatic carbocycles. The first-order valence-corrected chi connectivity index (χ1v) is 7.74. The molecule has 0 bridgehead atoms. The summed E-state index contributed by atoms with van der Waals surface area (Å²) in [5.74, 6) is 0. The van der Waals surface area contributed by atoms with Gasteiger partial charge < -0.3 is 10.4 Å². The maximum absolute atomic E-state index is 9.73. The maximum atomic E-state index is 9.73. The number of hydrogen-bond donors (Lipinski definition) is 2. The van der Waals surface area contributed by atoms with Crippen molar-refractivity contribution < 1.29 is 5.11 Å². The third-order valence-electron chi connectivity index (χ3n) is 4.63. The number of nitrogens with one attached hydrogen (secondary N) is 1. The van der Waals surface area contributed by atoms with Gasteiger partial charge in [0.25, 0.3) is 0 Å². The van der Waals surface area contributed by atoms with Crippen molar-refractivity contribution in [2.45, 2.75) is 77.4 Å². The van der Waals surface area contributed by atoms with Crippen LogP contribution in [0.1, 0.15) is 59.8 Å². The van der Waals surface area contributed by atoms with Gasteiger partial charge in [-0.15, -0.1) is 0 Å². The second kappa shape index (κ2) is 7.46. The quantitative estimate of drug-likeness (QED) is 0.700. The zero-order chi connectivity index (χ0) is 13.6. The lowest BCUT2D eigenvalue weighted by Gasteiger charge is -2.35. The van der Waals surface area contributed by atoms with Crippen LogP contribution in [0, 0.1) is 0 Å². The lowest BCUT2D eigenvalue weighted by atomic mass is 9.97. The van der Waals surface area contributed by atoms with E-state index in [-0.39, 0.29) is 12.1 Å². The fraction of sp³-hybridized carbons (Fsp3) is 1.00. The fourth-order valence-corrected chi connectivity index (χ4v) is 3.30. The molecule has 18 heavy (non-hydrogen) atoms. The van der Waals surface area contributed by atoms with E-state index in [2.05, 4.69) is 37.9 Å². The Kier molecular flexibility index (Phi) is 6.61. The average Bonchev–Trinajstić information content (AvgIpc) is 2.82. The molecule has 0 aliphatic heterocycles. The molecule has 1 aliphatic rings. The van der Waals surface area contributed by atoms with Crippen LogP contribution in [0.4, 0.5) is 0 Å². The minimum Gasteiger partial charge on any atom is -0.394 e. The number of aliphatic hydroxyl groups excluding tert-OH is 1. The lowest BCUT2D eigenvalue weighted by Crippen LogP contribution is -2.49. The molecule has 1 saturated carbocycles. The highest BCUT2D eigenvalue weighted by Crippen LogP contribution is 2.34. The largest absolute Gasteiger partial charge is 0.394 e. The highest BCUT2D eigenvalue weighted by Gasteiger charge is 2.40. The third-order valence-corrected chi connectivity index (χ3v) is 4.63. The molecular weight excluding hydrogens is 224 g/mol. The van der Waals surface area contributed by atoms with Crippen molar-refractivity contribution in [1.29, 1.82) is 0 Å². The van der Waals surface area contributed by atoms with Crippen LogP contribution in [0.2, 0.25) is 0 Å². The van der Waals surface area contributed by atoms with E-state index in [1.165, 1.54) is 12.8 Å². The monoisotopic (exact) mass is 256 g/mol. The Morgan fingerprint density at radius 1 is 1.39 bits per heavy atom. The van der Waals surface area contributed by atoms with Gasteiger partial charge in [-0.2, -0.15) is 0 Å². The van der Waals surface area contributed by atoms with Crippen LogP contribution in [0.5, 0.6) is 0 Å². The van der Waals surface area contributed by atoms with E-state index >= 15 is 0 Å². The number of hydrogen-bond acceptors (Lipinski definition) is 3. The van der Waals surface area contributed by atoms with Crippen LogP contribution in [0.15, 0.2) is 0 Å². The highest BCUT2D eigenvalue weighted by molar-refractivity contribution is 4.99. The summed E-state index contributed by atoms with van der Waals surface area (Å²) in [6.45, 7) is 11.4. The molecule has 1 fully saturated rings. The van der Waals surface area contributed by atoms with Gasteiger partial charge in [-0.25, -0.2) is 0 Å². The Morgan fingerprint density at radius 3 is 2.61 bits per heavy atom. The molecule has 3 atom stereocenters. The standard InChI is InChI=1S/C15H32N2O/c1-5-10-16-15(12-18)9-8-14(11-15)17(7-3)13(4)6-2/h13-14,16,18H,5-12H2,1-4H3. The molecule has 0 heterocycles. The maximum Gasteiger partial charge on any atom is 0.0613 e. The minimum atomic E-state index is -0.0123. The van der Waals surface area contributed by atoms with Gasteiger partial charge in [0, 0.05) is 17.6 Å². The van der Waals surface area contributed by atoms with Gasteiger partial charge in [-0.05, 0) is 52.1 Å². The van der Waals surface area contributed by atoms with Crippen molar-refractivity contribution in [3.63, 3.8) is 0 Å². The fourth-order valence-electron chi connectivity index (χ4n) is 3.30. The summed E-state index contributed by atoms with van der Waals surface area (Å²) in [6, 6.07) is 1.29. The number of rotatable bonds is 8.